The average Bonchev–Trinajstić information content (AvgIpc) is 2.62. The Morgan fingerprint density at radius 1 is 0.885 bits per heavy atom. The van der Waals surface area contributed by atoms with E-state index >= 15 is 0 Å². The third-order valence-electron chi connectivity index (χ3n) is 4.13. The van der Waals surface area contributed by atoms with Crippen LogP contribution in [0.3, 0.4) is 0 Å². The number of hydrogen-bond acceptors (Lipinski definition) is 3. The van der Waals surface area contributed by atoms with Gasteiger partial charge in [-0.05, 0) is 24.3 Å². The first kappa shape index (κ1) is 16.6. The number of nitrogen functional groups attached to an aromatic ring is 1. The van der Waals surface area contributed by atoms with E-state index in [9.17, 15) is 4.79 Å². The van der Waals surface area contributed by atoms with Gasteiger partial charge in [0.15, 0.2) is 0 Å². The number of anilines is 1. The highest BCUT2D eigenvalue weighted by molar-refractivity contribution is 6.33. The smallest absolute Gasteiger partial charge is 0.255 e. The molecule has 2 heterocycles. The second-order valence-electron chi connectivity index (χ2n) is 5.77. The molecule has 0 aliphatic carbocycles. The molecule has 2 N–H and O–H groups in total. The summed E-state index contributed by atoms with van der Waals surface area (Å²) in [7, 11) is 0. The SMILES string of the molecule is Nc1cc2c(ccc(=O)n2-c2ccccc2Cl)c(-c2ccccc2Cl)n1. The highest BCUT2D eigenvalue weighted by atomic mass is 35.5. The van der Waals surface area contributed by atoms with Gasteiger partial charge in [-0.1, -0.05) is 53.5 Å². The van der Waals surface area contributed by atoms with Crippen molar-refractivity contribution in [1.29, 1.82) is 0 Å². The molecule has 6 heteroatoms. The van der Waals surface area contributed by atoms with Gasteiger partial charge in [0.25, 0.3) is 5.56 Å². The summed E-state index contributed by atoms with van der Waals surface area (Å²) in [4.78, 5) is 17.1. The molecule has 2 aromatic heterocycles. The van der Waals surface area contributed by atoms with E-state index < -0.39 is 0 Å². The average molecular weight is 382 g/mol. The number of hydrogen-bond donors (Lipinski definition) is 1. The van der Waals surface area contributed by atoms with Crippen molar-refractivity contribution >= 4 is 39.9 Å². The lowest BCUT2D eigenvalue weighted by Gasteiger charge is -2.15. The van der Waals surface area contributed by atoms with Crippen LogP contribution in [0.2, 0.25) is 10.0 Å². The second-order valence-corrected chi connectivity index (χ2v) is 6.58. The summed E-state index contributed by atoms with van der Waals surface area (Å²) >= 11 is 12.7. The molecule has 0 saturated carbocycles. The van der Waals surface area contributed by atoms with Crippen molar-refractivity contribution in [2.75, 3.05) is 5.73 Å². The maximum atomic E-state index is 12.6. The van der Waals surface area contributed by atoms with Gasteiger partial charge in [0, 0.05) is 28.1 Å². The van der Waals surface area contributed by atoms with E-state index in [0.29, 0.717) is 32.8 Å². The monoisotopic (exact) mass is 381 g/mol. The van der Waals surface area contributed by atoms with E-state index in [-0.39, 0.29) is 5.56 Å². The molecule has 0 aliphatic rings. The topological polar surface area (TPSA) is 60.9 Å². The molecule has 26 heavy (non-hydrogen) atoms. The Labute approximate surface area is 159 Å². The minimum absolute atomic E-state index is 0.207. The number of benzene rings is 2. The van der Waals surface area contributed by atoms with Crippen LogP contribution in [-0.2, 0) is 0 Å². The van der Waals surface area contributed by atoms with Crippen LogP contribution in [0.4, 0.5) is 5.82 Å². The highest BCUT2D eigenvalue weighted by Crippen LogP contribution is 2.33. The van der Waals surface area contributed by atoms with E-state index in [4.69, 9.17) is 28.9 Å². The van der Waals surface area contributed by atoms with Gasteiger partial charge in [0.2, 0.25) is 0 Å². The van der Waals surface area contributed by atoms with Crippen LogP contribution in [0.25, 0.3) is 27.8 Å². The molecule has 4 aromatic rings. The van der Waals surface area contributed by atoms with E-state index in [1.807, 2.05) is 30.3 Å². The summed E-state index contributed by atoms with van der Waals surface area (Å²) in [5.41, 5.74) is 8.40. The van der Waals surface area contributed by atoms with Crippen molar-refractivity contribution in [3.63, 3.8) is 0 Å². The van der Waals surface area contributed by atoms with Gasteiger partial charge in [-0.2, -0.15) is 0 Å². The molecule has 0 spiro atoms. The molecule has 128 valence electrons. The van der Waals surface area contributed by atoms with Crippen LogP contribution in [0.15, 0.2) is 71.5 Å². The quantitative estimate of drug-likeness (QED) is 0.534. The predicted octanol–water partition coefficient (Wildman–Crippen LogP) is 4.94. The molecular formula is C20H13Cl2N3O. The van der Waals surface area contributed by atoms with Crippen molar-refractivity contribution in [3.05, 3.63) is 87.1 Å². The lowest BCUT2D eigenvalue weighted by Crippen LogP contribution is -2.18. The maximum absolute atomic E-state index is 12.6. The van der Waals surface area contributed by atoms with Crippen molar-refractivity contribution in [3.8, 4) is 16.9 Å². The van der Waals surface area contributed by atoms with Crippen molar-refractivity contribution in [1.82, 2.24) is 9.55 Å². The number of nitrogens with zero attached hydrogens (tertiary/aromatic N) is 2. The number of fused-ring (bicyclic) bond motifs is 1. The summed E-state index contributed by atoms with van der Waals surface area (Å²) in [6, 6.07) is 19.4. The van der Waals surface area contributed by atoms with Gasteiger partial charge >= 0.3 is 0 Å². The lowest BCUT2D eigenvalue weighted by atomic mass is 10.1. The Kier molecular flexibility index (Phi) is 4.15. The fourth-order valence-electron chi connectivity index (χ4n) is 3.00. The van der Waals surface area contributed by atoms with Gasteiger partial charge in [0.1, 0.15) is 5.82 Å². The number of halogens is 2. The van der Waals surface area contributed by atoms with Crippen molar-refractivity contribution in [2.24, 2.45) is 0 Å². The largest absolute Gasteiger partial charge is 0.384 e. The van der Waals surface area contributed by atoms with Gasteiger partial charge in [0.05, 0.1) is 21.9 Å². The van der Waals surface area contributed by atoms with Crippen LogP contribution in [0.5, 0.6) is 0 Å². The van der Waals surface area contributed by atoms with Crippen molar-refractivity contribution in [2.45, 2.75) is 0 Å². The normalized spacial score (nSPS) is 11.0. The number of pyridine rings is 2. The van der Waals surface area contributed by atoms with Crippen LogP contribution in [0, 0.1) is 0 Å². The van der Waals surface area contributed by atoms with Crippen LogP contribution >= 0.6 is 23.2 Å². The second kappa shape index (κ2) is 6.48. The zero-order valence-corrected chi connectivity index (χ0v) is 15.0. The van der Waals surface area contributed by atoms with Gasteiger partial charge in [-0.3, -0.25) is 9.36 Å². The van der Waals surface area contributed by atoms with Gasteiger partial charge < -0.3 is 5.73 Å². The third kappa shape index (κ3) is 2.73. The van der Waals surface area contributed by atoms with Crippen LogP contribution in [0.1, 0.15) is 0 Å². The maximum Gasteiger partial charge on any atom is 0.255 e. The molecule has 0 radical (unpaired) electrons. The molecule has 0 fully saturated rings. The fourth-order valence-corrected chi connectivity index (χ4v) is 3.44. The first-order chi connectivity index (χ1) is 12.6. The zero-order valence-electron chi connectivity index (χ0n) is 13.5. The van der Waals surface area contributed by atoms with Crippen LogP contribution in [-0.4, -0.2) is 9.55 Å². The number of aromatic nitrogens is 2. The Hall–Kier alpha value is -2.82. The van der Waals surface area contributed by atoms with Gasteiger partial charge in [-0.15, -0.1) is 0 Å². The molecule has 0 amide bonds. The zero-order chi connectivity index (χ0) is 18.3. The van der Waals surface area contributed by atoms with E-state index in [1.165, 1.54) is 10.6 Å². The van der Waals surface area contributed by atoms with Crippen LogP contribution < -0.4 is 11.3 Å². The Morgan fingerprint density at radius 2 is 1.58 bits per heavy atom. The summed E-state index contributed by atoms with van der Waals surface area (Å²) in [6.07, 6.45) is 0. The fraction of sp³-hybridized carbons (Fsp3) is 0. The lowest BCUT2D eigenvalue weighted by molar-refractivity contribution is 1.04. The molecule has 4 rings (SSSR count). The standard InChI is InChI=1S/C20H13Cl2N3O/c21-14-6-2-1-5-12(14)20-13-9-10-19(26)25(17(13)11-18(23)24-20)16-8-4-3-7-15(16)22/h1-11H,(H2,23,24). The Bertz CT molecular complexity index is 1200. The summed E-state index contributed by atoms with van der Waals surface area (Å²) < 4.78 is 1.54. The molecule has 2 aromatic carbocycles. The minimum atomic E-state index is -0.207. The molecule has 0 aliphatic heterocycles. The number of nitrogens with two attached hydrogens (primary N) is 1. The molecule has 0 saturated heterocycles. The van der Waals surface area contributed by atoms with E-state index in [1.54, 1.807) is 30.3 Å². The Morgan fingerprint density at radius 3 is 2.31 bits per heavy atom. The molecule has 4 nitrogen and oxygen atoms in total. The molecule has 0 bridgehead atoms. The highest BCUT2D eigenvalue weighted by Gasteiger charge is 2.15. The van der Waals surface area contributed by atoms with Crippen molar-refractivity contribution < 1.29 is 0 Å². The number of para-hydroxylation sites is 1. The summed E-state index contributed by atoms with van der Waals surface area (Å²) in [6.45, 7) is 0. The molecule has 0 unspecified atom stereocenters. The molecular weight excluding hydrogens is 369 g/mol. The first-order valence-electron chi connectivity index (χ1n) is 7.88. The predicted molar refractivity (Wildman–Crippen MR) is 107 cm³/mol. The van der Waals surface area contributed by atoms with E-state index in [2.05, 4.69) is 4.98 Å². The number of rotatable bonds is 2. The first-order valence-corrected chi connectivity index (χ1v) is 8.64. The van der Waals surface area contributed by atoms with Gasteiger partial charge in [-0.25, -0.2) is 4.98 Å². The molecule has 0 atom stereocenters. The third-order valence-corrected chi connectivity index (χ3v) is 4.78. The minimum Gasteiger partial charge on any atom is -0.384 e. The summed E-state index contributed by atoms with van der Waals surface area (Å²) in [5.74, 6) is 0.291. The van der Waals surface area contributed by atoms with E-state index in [0.717, 1.165) is 10.9 Å². The summed E-state index contributed by atoms with van der Waals surface area (Å²) in [5, 5.41) is 1.78. The Balaban J connectivity index is 2.14.